The van der Waals surface area contributed by atoms with Crippen molar-refractivity contribution in [2.75, 3.05) is 0 Å². The average Bonchev–Trinajstić information content (AvgIpc) is 3.21. The number of carbonyl (C=O) groups excluding carboxylic acids is 2. The fraction of sp³-hybridized carbons (Fsp3) is 0.120. The Balaban J connectivity index is 1.56. The number of H-pyrrole nitrogens is 1. The Hall–Kier alpha value is -3.77. The molecule has 1 unspecified atom stereocenters. The summed E-state index contributed by atoms with van der Waals surface area (Å²) in [7, 11) is 0. The van der Waals surface area contributed by atoms with Crippen LogP contribution < -0.4 is 10.6 Å². The monoisotopic (exact) mass is 447 g/mol. The van der Waals surface area contributed by atoms with Crippen LogP contribution in [0.4, 0.5) is 0 Å². The van der Waals surface area contributed by atoms with Crippen molar-refractivity contribution in [2.24, 2.45) is 0 Å². The zero-order valence-corrected chi connectivity index (χ0v) is 17.9. The number of benzene rings is 3. The maximum atomic E-state index is 13.1. The van der Waals surface area contributed by atoms with Crippen LogP contribution in [0, 0.1) is 0 Å². The van der Waals surface area contributed by atoms with Gasteiger partial charge in [-0.3, -0.25) is 9.59 Å². The lowest BCUT2D eigenvalue weighted by Gasteiger charge is -2.19. The van der Waals surface area contributed by atoms with Crippen LogP contribution in [0.1, 0.15) is 21.5 Å². The minimum Gasteiger partial charge on any atom is -0.508 e. The molecule has 1 atom stereocenters. The minimum atomic E-state index is -0.844. The van der Waals surface area contributed by atoms with E-state index in [1.807, 2.05) is 30.5 Å². The van der Waals surface area contributed by atoms with Gasteiger partial charge in [0.1, 0.15) is 11.8 Å². The van der Waals surface area contributed by atoms with Gasteiger partial charge >= 0.3 is 0 Å². The molecule has 7 heteroatoms. The third-order valence-electron chi connectivity index (χ3n) is 5.28. The van der Waals surface area contributed by atoms with E-state index in [1.54, 1.807) is 48.5 Å². The molecule has 2 amide bonds. The Bertz CT molecular complexity index is 1270. The van der Waals surface area contributed by atoms with Crippen molar-refractivity contribution < 1.29 is 14.7 Å². The number of amides is 2. The first-order valence-electron chi connectivity index (χ1n) is 10.2. The van der Waals surface area contributed by atoms with E-state index in [1.165, 1.54) is 0 Å². The quantitative estimate of drug-likeness (QED) is 0.342. The van der Waals surface area contributed by atoms with Crippen molar-refractivity contribution in [3.05, 3.63) is 101 Å². The van der Waals surface area contributed by atoms with Crippen LogP contribution in [0.3, 0.4) is 0 Å². The zero-order chi connectivity index (χ0) is 22.5. The van der Waals surface area contributed by atoms with Gasteiger partial charge in [-0.25, -0.2) is 0 Å². The number of hydrogen-bond acceptors (Lipinski definition) is 3. The first-order valence-corrected chi connectivity index (χ1v) is 10.6. The summed E-state index contributed by atoms with van der Waals surface area (Å²) >= 11 is 6.17. The maximum absolute atomic E-state index is 13.1. The van der Waals surface area contributed by atoms with Gasteiger partial charge in [0.2, 0.25) is 5.91 Å². The highest BCUT2D eigenvalue weighted by molar-refractivity contribution is 6.33. The Morgan fingerprint density at radius 1 is 0.938 bits per heavy atom. The lowest BCUT2D eigenvalue weighted by Crippen LogP contribution is -2.47. The van der Waals surface area contributed by atoms with Crippen LogP contribution >= 0.6 is 11.6 Å². The first-order chi connectivity index (χ1) is 15.5. The minimum absolute atomic E-state index is 0.0982. The number of aromatic nitrogens is 1. The van der Waals surface area contributed by atoms with Gasteiger partial charge in [0.25, 0.3) is 5.91 Å². The van der Waals surface area contributed by atoms with Crippen molar-refractivity contribution in [3.8, 4) is 5.75 Å². The molecule has 0 saturated carbocycles. The molecule has 32 heavy (non-hydrogen) atoms. The fourth-order valence-corrected chi connectivity index (χ4v) is 3.80. The molecule has 1 heterocycles. The lowest BCUT2D eigenvalue weighted by molar-refractivity contribution is -0.123. The number of carbonyl (C=O) groups is 2. The summed E-state index contributed by atoms with van der Waals surface area (Å²) in [4.78, 5) is 29.2. The van der Waals surface area contributed by atoms with Crippen LogP contribution in [-0.2, 0) is 17.8 Å². The fourth-order valence-electron chi connectivity index (χ4n) is 3.58. The van der Waals surface area contributed by atoms with Crippen LogP contribution in [0.5, 0.6) is 5.75 Å². The zero-order valence-electron chi connectivity index (χ0n) is 17.1. The SMILES string of the molecule is O=C(NC(Cc1c[nH]c2ccccc12)C(=O)NCc1ccccc1O)c1ccccc1Cl. The summed E-state index contributed by atoms with van der Waals surface area (Å²) in [5, 5.41) is 16.9. The Kier molecular flexibility index (Phi) is 6.42. The van der Waals surface area contributed by atoms with E-state index >= 15 is 0 Å². The molecule has 0 aliphatic heterocycles. The molecule has 0 spiro atoms. The molecule has 0 radical (unpaired) electrons. The summed E-state index contributed by atoms with van der Waals surface area (Å²) < 4.78 is 0. The molecule has 4 N–H and O–H groups in total. The molecule has 1 aromatic heterocycles. The summed E-state index contributed by atoms with van der Waals surface area (Å²) in [6.45, 7) is 0.137. The van der Waals surface area contributed by atoms with E-state index < -0.39 is 11.9 Å². The molecular weight excluding hydrogens is 426 g/mol. The number of para-hydroxylation sites is 2. The lowest BCUT2D eigenvalue weighted by atomic mass is 10.0. The third-order valence-corrected chi connectivity index (χ3v) is 5.61. The number of nitrogens with one attached hydrogen (secondary N) is 3. The van der Waals surface area contributed by atoms with Gasteiger partial charge in [-0.05, 0) is 29.8 Å². The number of phenols is 1. The first kappa shape index (κ1) is 21.5. The number of halogens is 1. The Labute approximate surface area is 190 Å². The van der Waals surface area contributed by atoms with Gasteiger partial charge in [-0.1, -0.05) is 60.1 Å². The Morgan fingerprint density at radius 3 is 2.47 bits per heavy atom. The van der Waals surface area contributed by atoms with E-state index in [2.05, 4.69) is 15.6 Å². The number of fused-ring (bicyclic) bond motifs is 1. The molecule has 0 bridgehead atoms. The predicted octanol–water partition coefficient (Wildman–Crippen LogP) is 4.18. The molecule has 6 nitrogen and oxygen atoms in total. The molecule has 0 aliphatic rings. The summed E-state index contributed by atoms with van der Waals surface area (Å²) in [5.41, 5.74) is 2.74. The standard InChI is InChI=1S/C25H22ClN3O3/c26-20-10-4-2-9-19(20)24(31)29-22(13-17-15-27-21-11-5-3-8-18(17)21)25(32)28-14-16-7-1-6-12-23(16)30/h1-12,15,22,27,30H,13-14H2,(H,28,32)(H,29,31). The molecule has 4 rings (SSSR count). The highest BCUT2D eigenvalue weighted by atomic mass is 35.5. The van der Waals surface area contributed by atoms with Gasteiger partial charge in [0, 0.05) is 35.6 Å². The Morgan fingerprint density at radius 2 is 1.66 bits per heavy atom. The van der Waals surface area contributed by atoms with Crippen molar-refractivity contribution >= 4 is 34.3 Å². The summed E-state index contributed by atoms with van der Waals surface area (Å²) in [5.74, 6) is -0.696. The molecule has 4 aromatic rings. The smallest absolute Gasteiger partial charge is 0.253 e. The van der Waals surface area contributed by atoms with Crippen LogP contribution in [-0.4, -0.2) is 27.9 Å². The van der Waals surface area contributed by atoms with E-state index in [0.29, 0.717) is 16.1 Å². The molecular formula is C25H22ClN3O3. The number of hydrogen-bond donors (Lipinski definition) is 4. The topological polar surface area (TPSA) is 94.2 Å². The number of rotatable bonds is 7. The second kappa shape index (κ2) is 9.58. The predicted molar refractivity (Wildman–Crippen MR) is 125 cm³/mol. The maximum Gasteiger partial charge on any atom is 0.253 e. The highest BCUT2D eigenvalue weighted by Gasteiger charge is 2.24. The number of aromatic amines is 1. The summed E-state index contributed by atoms with van der Waals surface area (Å²) in [6.07, 6.45) is 2.13. The van der Waals surface area contributed by atoms with Gasteiger partial charge < -0.3 is 20.7 Å². The van der Waals surface area contributed by atoms with Crippen LogP contribution in [0.2, 0.25) is 5.02 Å². The van der Waals surface area contributed by atoms with Crippen molar-refractivity contribution in [2.45, 2.75) is 19.0 Å². The average molecular weight is 448 g/mol. The van der Waals surface area contributed by atoms with E-state index in [4.69, 9.17) is 11.6 Å². The third kappa shape index (κ3) is 4.76. The van der Waals surface area contributed by atoms with Crippen LogP contribution in [0.25, 0.3) is 10.9 Å². The van der Waals surface area contributed by atoms with Crippen molar-refractivity contribution in [1.82, 2.24) is 15.6 Å². The number of phenolic OH excluding ortho intramolecular Hbond substituents is 1. The normalized spacial score (nSPS) is 11.8. The van der Waals surface area contributed by atoms with Crippen LogP contribution in [0.15, 0.2) is 79.0 Å². The molecule has 0 aliphatic carbocycles. The van der Waals surface area contributed by atoms with Gasteiger partial charge in [0.15, 0.2) is 0 Å². The molecule has 0 saturated heterocycles. The second-order valence-electron chi connectivity index (χ2n) is 7.42. The van der Waals surface area contributed by atoms with Crippen molar-refractivity contribution in [1.29, 1.82) is 0 Å². The van der Waals surface area contributed by atoms with E-state index in [0.717, 1.165) is 16.5 Å². The van der Waals surface area contributed by atoms with Gasteiger partial charge in [0.05, 0.1) is 10.6 Å². The van der Waals surface area contributed by atoms with E-state index in [-0.39, 0.29) is 24.6 Å². The second-order valence-corrected chi connectivity index (χ2v) is 7.82. The van der Waals surface area contributed by atoms with Gasteiger partial charge in [-0.2, -0.15) is 0 Å². The number of aromatic hydroxyl groups is 1. The molecule has 3 aromatic carbocycles. The molecule has 0 fully saturated rings. The van der Waals surface area contributed by atoms with E-state index in [9.17, 15) is 14.7 Å². The molecule has 162 valence electrons. The van der Waals surface area contributed by atoms with Crippen molar-refractivity contribution in [3.63, 3.8) is 0 Å². The summed E-state index contributed by atoms with van der Waals surface area (Å²) in [6, 6.07) is 20.4. The highest BCUT2D eigenvalue weighted by Crippen LogP contribution is 2.21. The largest absolute Gasteiger partial charge is 0.508 e. The van der Waals surface area contributed by atoms with Gasteiger partial charge in [-0.15, -0.1) is 0 Å².